The van der Waals surface area contributed by atoms with Crippen molar-refractivity contribution in [3.05, 3.63) is 76.9 Å². The van der Waals surface area contributed by atoms with Gasteiger partial charge in [-0.05, 0) is 42.9 Å². The number of fused-ring (bicyclic) bond motifs is 1. The molecule has 0 aliphatic heterocycles. The number of likely N-dealkylation sites (N-methyl/N-ethyl adjacent to an activating group) is 1. The average Bonchev–Trinajstić information content (AvgIpc) is 2.62. The zero-order valence-electron chi connectivity index (χ0n) is 14.1. The van der Waals surface area contributed by atoms with E-state index in [0.29, 0.717) is 17.3 Å². The molecule has 0 fully saturated rings. The molecule has 25 heavy (non-hydrogen) atoms. The molecule has 5 heteroatoms. The Morgan fingerprint density at radius 2 is 1.92 bits per heavy atom. The summed E-state index contributed by atoms with van der Waals surface area (Å²) in [6.07, 6.45) is 0. The first-order chi connectivity index (χ1) is 12.1. The zero-order valence-corrected chi connectivity index (χ0v) is 14.8. The molecule has 0 aliphatic carbocycles. The number of pyridine rings is 1. The van der Waals surface area contributed by atoms with Crippen molar-refractivity contribution in [2.24, 2.45) is 0 Å². The minimum absolute atomic E-state index is 0.0787. The molecule has 1 aromatic heterocycles. The zero-order chi connectivity index (χ0) is 17.6. The van der Waals surface area contributed by atoms with Gasteiger partial charge in [-0.2, -0.15) is 0 Å². The smallest absolute Gasteiger partial charge is 0.251 e. The molecule has 0 saturated heterocycles. The molecular formula is C20H20ClN3O. The number of aromatic nitrogens is 1. The maximum absolute atomic E-state index is 12.3. The van der Waals surface area contributed by atoms with Crippen LogP contribution in [0.1, 0.15) is 15.9 Å². The first kappa shape index (κ1) is 17.4. The summed E-state index contributed by atoms with van der Waals surface area (Å²) in [6, 6.07) is 19.3. The Balaban J connectivity index is 1.53. The molecule has 4 nitrogen and oxygen atoms in total. The van der Waals surface area contributed by atoms with Crippen LogP contribution in [0, 0.1) is 0 Å². The summed E-state index contributed by atoms with van der Waals surface area (Å²) in [5, 5.41) is 4.32. The second-order valence-corrected chi connectivity index (χ2v) is 6.41. The predicted octanol–water partition coefficient (Wildman–Crippen LogP) is 3.75. The Labute approximate surface area is 152 Å². The van der Waals surface area contributed by atoms with Crippen LogP contribution in [0.25, 0.3) is 10.9 Å². The molecule has 128 valence electrons. The highest BCUT2D eigenvalue weighted by atomic mass is 35.5. The third-order valence-corrected chi connectivity index (χ3v) is 4.20. The van der Waals surface area contributed by atoms with Gasteiger partial charge in [-0.1, -0.05) is 41.9 Å². The molecule has 0 spiro atoms. The maximum Gasteiger partial charge on any atom is 0.251 e. The van der Waals surface area contributed by atoms with Gasteiger partial charge in [-0.25, -0.2) is 4.98 Å². The molecule has 0 atom stereocenters. The van der Waals surface area contributed by atoms with Gasteiger partial charge in [0.15, 0.2) is 0 Å². The van der Waals surface area contributed by atoms with Crippen LogP contribution in [-0.2, 0) is 6.54 Å². The van der Waals surface area contributed by atoms with Crippen LogP contribution >= 0.6 is 11.6 Å². The fraction of sp³-hybridized carbons (Fsp3) is 0.200. The van der Waals surface area contributed by atoms with Gasteiger partial charge in [-0.15, -0.1) is 0 Å². The molecule has 3 aromatic rings. The van der Waals surface area contributed by atoms with Crippen molar-refractivity contribution < 1.29 is 4.79 Å². The summed E-state index contributed by atoms with van der Waals surface area (Å²) in [6.45, 7) is 2.24. The standard InChI is InChI=1S/C20H20ClN3O/c1-24(14-15-5-3-2-4-6-15)12-11-22-20(25)17-7-9-18-16(13-17)8-10-19(21)23-18/h2-10,13H,11-12,14H2,1H3,(H,22,25). The van der Waals surface area contributed by atoms with Gasteiger partial charge in [-0.3, -0.25) is 4.79 Å². The van der Waals surface area contributed by atoms with Crippen LogP contribution in [0.15, 0.2) is 60.7 Å². The predicted molar refractivity (Wildman–Crippen MR) is 102 cm³/mol. The Kier molecular flexibility index (Phi) is 5.64. The Morgan fingerprint density at radius 3 is 2.72 bits per heavy atom. The van der Waals surface area contributed by atoms with E-state index in [9.17, 15) is 4.79 Å². The minimum atomic E-state index is -0.0787. The number of benzene rings is 2. The molecule has 1 N–H and O–H groups in total. The maximum atomic E-state index is 12.3. The highest BCUT2D eigenvalue weighted by molar-refractivity contribution is 6.29. The highest BCUT2D eigenvalue weighted by Crippen LogP contribution is 2.17. The normalized spacial score (nSPS) is 11.0. The number of hydrogen-bond acceptors (Lipinski definition) is 3. The number of nitrogens with zero attached hydrogens (tertiary/aromatic N) is 2. The fourth-order valence-electron chi connectivity index (χ4n) is 2.68. The van der Waals surface area contributed by atoms with E-state index in [-0.39, 0.29) is 5.91 Å². The second-order valence-electron chi connectivity index (χ2n) is 6.02. The monoisotopic (exact) mass is 353 g/mol. The van der Waals surface area contributed by atoms with Crippen molar-refractivity contribution in [3.8, 4) is 0 Å². The van der Waals surface area contributed by atoms with E-state index in [1.807, 2.05) is 43.4 Å². The van der Waals surface area contributed by atoms with Gasteiger partial charge in [0.2, 0.25) is 0 Å². The summed E-state index contributed by atoms with van der Waals surface area (Å²) in [7, 11) is 2.05. The first-order valence-electron chi connectivity index (χ1n) is 8.19. The number of carbonyl (C=O) groups excluding carboxylic acids is 1. The molecule has 1 amide bonds. The van der Waals surface area contributed by atoms with E-state index in [4.69, 9.17) is 11.6 Å². The number of rotatable bonds is 6. The first-order valence-corrected chi connectivity index (χ1v) is 8.56. The van der Waals surface area contributed by atoms with E-state index in [0.717, 1.165) is 24.0 Å². The average molecular weight is 354 g/mol. The van der Waals surface area contributed by atoms with Crippen LogP contribution in [0.2, 0.25) is 5.15 Å². The fourth-order valence-corrected chi connectivity index (χ4v) is 2.83. The van der Waals surface area contributed by atoms with E-state index in [2.05, 4.69) is 27.3 Å². The van der Waals surface area contributed by atoms with Crippen molar-refractivity contribution >= 4 is 28.4 Å². The summed E-state index contributed by atoms with van der Waals surface area (Å²) in [5.41, 5.74) is 2.67. The third kappa shape index (κ3) is 4.78. The lowest BCUT2D eigenvalue weighted by molar-refractivity contribution is 0.0950. The Morgan fingerprint density at radius 1 is 1.12 bits per heavy atom. The van der Waals surface area contributed by atoms with Crippen molar-refractivity contribution in [2.75, 3.05) is 20.1 Å². The lowest BCUT2D eigenvalue weighted by Crippen LogP contribution is -2.32. The summed E-state index contributed by atoms with van der Waals surface area (Å²) in [5.74, 6) is -0.0787. The second kappa shape index (κ2) is 8.10. The SMILES string of the molecule is CN(CCNC(=O)c1ccc2nc(Cl)ccc2c1)Cc1ccccc1. The van der Waals surface area contributed by atoms with Gasteiger partial charge in [0.25, 0.3) is 5.91 Å². The van der Waals surface area contributed by atoms with Crippen molar-refractivity contribution in [1.82, 2.24) is 15.2 Å². The van der Waals surface area contributed by atoms with Gasteiger partial charge in [0.05, 0.1) is 5.52 Å². The summed E-state index contributed by atoms with van der Waals surface area (Å²) >= 11 is 5.88. The molecule has 0 unspecified atom stereocenters. The Hall–Kier alpha value is -2.43. The van der Waals surface area contributed by atoms with Gasteiger partial charge >= 0.3 is 0 Å². The van der Waals surface area contributed by atoms with Crippen LogP contribution in [-0.4, -0.2) is 35.9 Å². The van der Waals surface area contributed by atoms with E-state index < -0.39 is 0 Å². The topological polar surface area (TPSA) is 45.2 Å². The van der Waals surface area contributed by atoms with Gasteiger partial charge in [0.1, 0.15) is 5.15 Å². The Bertz CT molecular complexity index is 867. The highest BCUT2D eigenvalue weighted by Gasteiger charge is 2.07. The lowest BCUT2D eigenvalue weighted by atomic mass is 10.1. The largest absolute Gasteiger partial charge is 0.351 e. The summed E-state index contributed by atoms with van der Waals surface area (Å²) < 4.78 is 0. The molecule has 0 bridgehead atoms. The van der Waals surface area contributed by atoms with Crippen LogP contribution < -0.4 is 5.32 Å². The van der Waals surface area contributed by atoms with E-state index in [1.165, 1.54) is 5.56 Å². The molecule has 0 saturated carbocycles. The third-order valence-electron chi connectivity index (χ3n) is 3.99. The molecule has 0 aliphatic rings. The van der Waals surface area contributed by atoms with E-state index in [1.54, 1.807) is 12.1 Å². The molecule has 0 radical (unpaired) electrons. The number of hydrogen-bond donors (Lipinski definition) is 1. The lowest BCUT2D eigenvalue weighted by Gasteiger charge is -2.17. The van der Waals surface area contributed by atoms with Crippen molar-refractivity contribution in [3.63, 3.8) is 0 Å². The van der Waals surface area contributed by atoms with Gasteiger partial charge in [0, 0.05) is 30.6 Å². The van der Waals surface area contributed by atoms with Crippen molar-refractivity contribution in [1.29, 1.82) is 0 Å². The minimum Gasteiger partial charge on any atom is -0.351 e. The molecule has 2 aromatic carbocycles. The molecular weight excluding hydrogens is 334 g/mol. The number of carbonyl (C=O) groups is 1. The molecule has 1 heterocycles. The number of halogens is 1. The van der Waals surface area contributed by atoms with Crippen LogP contribution in [0.3, 0.4) is 0 Å². The molecule has 3 rings (SSSR count). The van der Waals surface area contributed by atoms with E-state index >= 15 is 0 Å². The van der Waals surface area contributed by atoms with Gasteiger partial charge < -0.3 is 10.2 Å². The number of amides is 1. The quantitative estimate of drug-likeness (QED) is 0.686. The number of nitrogens with one attached hydrogen (secondary N) is 1. The van der Waals surface area contributed by atoms with Crippen LogP contribution in [0.4, 0.5) is 0 Å². The van der Waals surface area contributed by atoms with Crippen LogP contribution in [0.5, 0.6) is 0 Å². The van der Waals surface area contributed by atoms with Crippen molar-refractivity contribution in [2.45, 2.75) is 6.54 Å². The summed E-state index contributed by atoms with van der Waals surface area (Å²) in [4.78, 5) is 18.7.